The van der Waals surface area contributed by atoms with Gasteiger partial charge in [-0.3, -0.25) is 10.1 Å². The lowest BCUT2D eigenvalue weighted by Crippen LogP contribution is -2.50. The van der Waals surface area contributed by atoms with Gasteiger partial charge in [0.05, 0.1) is 6.54 Å². The predicted octanol–water partition coefficient (Wildman–Crippen LogP) is -1.18. The highest BCUT2D eigenvalue weighted by Gasteiger charge is 2.18. The van der Waals surface area contributed by atoms with Crippen LogP contribution in [-0.2, 0) is 4.79 Å². The molecule has 0 heterocycles. The molecule has 0 fully saturated rings. The Bertz CT molecular complexity index is 169. The number of hydrogen-bond acceptors (Lipinski definition) is 4. The van der Waals surface area contributed by atoms with Gasteiger partial charge >= 0.3 is 5.97 Å². The van der Waals surface area contributed by atoms with Gasteiger partial charge in [-0.05, 0) is 19.3 Å². The van der Waals surface area contributed by atoms with Gasteiger partial charge in [-0.15, -0.1) is 0 Å². The molecule has 7 N–H and O–H groups in total. The van der Waals surface area contributed by atoms with Gasteiger partial charge in [0.2, 0.25) is 0 Å². The zero-order valence-corrected chi connectivity index (χ0v) is 9.09. The number of nitrogens with two attached hydrogens (primary N) is 1. The van der Waals surface area contributed by atoms with Gasteiger partial charge < -0.3 is 16.6 Å². The van der Waals surface area contributed by atoms with Crippen LogP contribution in [0.2, 0.25) is 0 Å². The van der Waals surface area contributed by atoms with E-state index >= 15 is 0 Å². The number of carboxylic acids is 1. The van der Waals surface area contributed by atoms with Gasteiger partial charge in [0, 0.05) is 6.54 Å². The Morgan fingerprint density at radius 3 is 2.64 bits per heavy atom. The molecule has 6 heteroatoms. The average Bonchev–Trinajstić information content (AvgIpc) is 2.16. The minimum atomic E-state index is -0.867. The second-order valence-corrected chi connectivity index (χ2v) is 3.58. The number of hydrogen-bond donors (Lipinski definition) is 5. The summed E-state index contributed by atoms with van der Waals surface area (Å²) < 4.78 is 0. The summed E-state index contributed by atoms with van der Waals surface area (Å²) in [6.07, 6.45) is 2.37. The van der Waals surface area contributed by atoms with Crippen molar-refractivity contribution in [2.75, 3.05) is 13.1 Å². The number of carboxylic acid groups (broad SMARTS) is 1. The fourth-order valence-electron chi connectivity index (χ4n) is 1.04. The first-order valence-electron chi connectivity index (χ1n) is 4.65. The summed E-state index contributed by atoms with van der Waals surface area (Å²) in [7, 11) is 0. The van der Waals surface area contributed by atoms with Gasteiger partial charge in [0.1, 0.15) is 11.4 Å². The fourth-order valence-corrected chi connectivity index (χ4v) is 1.20. The molecule has 5 nitrogen and oxygen atoms in total. The van der Waals surface area contributed by atoms with Crippen molar-refractivity contribution >= 4 is 18.6 Å². The fraction of sp³-hybridized carbons (Fsp3) is 0.750. The van der Waals surface area contributed by atoms with Crippen LogP contribution in [-0.4, -0.2) is 30.2 Å². The second kappa shape index (κ2) is 8.05. The Hall–Kier alpha value is -0.300. The lowest BCUT2D eigenvalue weighted by molar-refractivity contribution is -0.368. The van der Waals surface area contributed by atoms with Crippen molar-refractivity contribution in [3.8, 4) is 0 Å². The van der Waals surface area contributed by atoms with E-state index in [1.807, 2.05) is 0 Å². The lowest BCUT2D eigenvalue weighted by Gasteiger charge is -2.17. The molecule has 0 unspecified atom stereocenters. The molecule has 0 aliphatic carbocycles. The number of unbranched alkanes of at least 4 members (excludes halogenated alkanes) is 1. The third kappa shape index (κ3) is 6.20. The van der Waals surface area contributed by atoms with E-state index in [9.17, 15) is 4.79 Å². The monoisotopic (exact) mass is 221 g/mol. The van der Waals surface area contributed by atoms with Crippen molar-refractivity contribution in [3.05, 3.63) is 5.37 Å². The Labute approximate surface area is 89.6 Å². The zero-order valence-electron chi connectivity index (χ0n) is 8.20. The third-order valence-corrected chi connectivity index (χ3v) is 2.14. The van der Waals surface area contributed by atoms with Crippen molar-refractivity contribution < 1.29 is 15.6 Å². The van der Waals surface area contributed by atoms with E-state index in [-0.39, 0.29) is 6.54 Å². The topological polar surface area (TPSA) is 103 Å². The van der Waals surface area contributed by atoms with Crippen LogP contribution < -0.4 is 16.8 Å². The Morgan fingerprint density at radius 2 is 2.21 bits per heavy atom. The van der Waals surface area contributed by atoms with Crippen LogP contribution in [0.1, 0.15) is 19.3 Å². The van der Waals surface area contributed by atoms with Crippen LogP contribution in [0.15, 0.2) is 0 Å². The van der Waals surface area contributed by atoms with Gasteiger partial charge in [-0.1, -0.05) is 0 Å². The van der Waals surface area contributed by atoms with Crippen LogP contribution in [0, 0.1) is 5.37 Å². The van der Waals surface area contributed by atoms with E-state index in [1.165, 1.54) is 0 Å². The van der Waals surface area contributed by atoms with E-state index in [1.54, 1.807) is 0 Å². The molecule has 0 aromatic carbocycles. The molecule has 83 valence electrons. The normalized spacial score (nSPS) is 13.1. The minimum Gasteiger partial charge on any atom is -0.480 e. The molecule has 0 aromatic heterocycles. The molecule has 1 radical (unpaired) electrons. The Morgan fingerprint density at radius 1 is 1.57 bits per heavy atom. The van der Waals surface area contributed by atoms with Gasteiger partial charge in [-0.2, -0.15) is 12.6 Å². The van der Waals surface area contributed by atoms with Crippen LogP contribution >= 0.6 is 12.6 Å². The highest BCUT2D eigenvalue weighted by Crippen LogP contribution is 2.06. The zero-order chi connectivity index (χ0) is 11.0. The largest absolute Gasteiger partial charge is 0.480 e. The van der Waals surface area contributed by atoms with Crippen LogP contribution in [0.4, 0.5) is 0 Å². The van der Waals surface area contributed by atoms with Crippen molar-refractivity contribution in [2.24, 2.45) is 5.73 Å². The first kappa shape index (κ1) is 13.7. The molecule has 0 amide bonds. The molecule has 0 saturated carbocycles. The summed E-state index contributed by atoms with van der Waals surface area (Å²) in [5.41, 5.74) is 8.99. The third-order valence-electron chi connectivity index (χ3n) is 1.83. The highest BCUT2D eigenvalue weighted by molar-refractivity contribution is 7.83. The maximum atomic E-state index is 10.8. The number of rotatable bonds is 8. The maximum absolute atomic E-state index is 10.8. The van der Waals surface area contributed by atoms with Crippen LogP contribution in [0.25, 0.3) is 0 Å². The van der Waals surface area contributed by atoms with E-state index in [2.05, 4.69) is 23.7 Å². The van der Waals surface area contributed by atoms with Crippen molar-refractivity contribution in [3.63, 3.8) is 0 Å². The van der Waals surface area contributed by atoms with Crippen molar-refractivity contribution in [2.45, 2.75) is 25.3 Å². The molecular formula is C8H19N3O2S+. The van der Waals surface area contributed by atoms with Crippen molar-refractivity contribution in [1.82, 2.24) is 5.32 Å². The van der Waals surface area contributed by atoms with Crippen LogP contribution in [0.5, 0.6) is 0 Å². The quantitative estimate of drug-likeness (QED) is 0.263. The number of carbonyl (C=O) groups is 1. The Kier molecular flexibility index (Phi) is 7.87. The summed E-state index contributed by atoms with van der Waals surface area (Å²) >= 11 is 4.01. The SMILES string of the molecule is NC[C](S)N[C@@H](CCCC[NH3+])C(=O)O. The standard InChI is InChI=1S/C8H18N3O2S/c9-4-2-1-3-6(8(12)13)11-7(14)5-10/h6,11,14H,1-5,9-10H2,(H,12,13)/p+1/t6-/m0/s1. The second-order valence-electron chi connectivity index (χ2n) is 3.04. The summed E-state index contributed by atoms with van der Waals surface area (Å²) in [6.45, 7) is 1.07. The number of aliphatic carboxylic acids is 1. The number of thiol groups is 1. The number of quaternary nitrogens is 1. The molecule has 14 heavy (non-hydrogen) atoms. The molecule has 0 aliphatic rings. The molecule has 0 aliphatic heterocycles. The predicted molar refractivity (Wildman–Crippen MR) is 57.4 cm³/mol. The molecular weight excluding hydrogens is 202 g/mol. The minimum absolute atomic E-state index is 0.238. The summed E-state index contributed by atoms with van der Waals surface area (Å²) in [4.78, 5) is 10.8. The molecule has 0 rings (SSSR count). The van der Waals surface area contributed by atoms with E-state index in [0.717, 1.165) is 19.4 Å². The maximum Gasteiger partial charge on any atom is 0.320 e. The average molecular weight is 221 g/mol. The van der Waals surface area contributed by atoms with Gasteiger partial charge in [0.25, 0.3) is 0 Å². The summed E-state index contributed by atoms with van der Waals surface area (Å²) in [5, 5.41) is 12.1. The Balaban J connectivity index is 3.84. The first-order valence-corrected chi connectivity index (χ1v) is 5.10. The van der Waals surface area contributed by atoms with Gasteiger partial charge in [-0.25, -0.2) is 0 Å². The van der Waals surface area contributed by atoms with E-state index in [0.29, 0.717) is 11.8 Å². The van der Waals surface area contributed by atoms with Crippen molar-refractivity contribution in [1.29, 1.82) is 0 Å². The molecule has 1 atom stereocenters. The lowest BCUT2D eigenvalue weighted by atomic mass is 10.1. The number of nitrogens with one attached hydrogen (secondary N) is 1. The molecule has 0 saturated heterocycles. The van der Waals surface area contributed by atoms with Gasteiger partial charge in [0.15, 0.2) is 0 Å². The molecule has 0 spiro atoms. The first-order chi connectivity index (χ1) is 6.61. The summed E-state index contributed by atoms with van der Waals surface area (Å²) in [6, 6.07) is -0.586. The van der Waals surface area contributed by atoms with Crippen LogP contribution in [0.3, 0.4) is 0 Å². The smallest absolute Gasteiger partial charge is 0.320 e. The van der Waals surface area contributed by atoms with E-state index in [4.69, 9.17) is 10.8 Å². The highest BCUT2D eigenvalue weighted by atomic mass is 32.1. The van der Waals surface area contributed by atoms with E-state index < -0.39 is 12.0 Å². The summed E-state index contributed by atoms with van der Waals surface area (Å²) in [5.74, 6) is -0.867. The molecule has 0 aromatic rings. The molecule has 0 bridgehead atoms.